The molecule has 0 unspecified atom stereocenters. The van der Waals surface area contributed by atoms with E-state index in [0.29, 0.717) is 5.92 Å². The van der Waals surface area contributed by atoms with Gasteiger partial charge in [-0.25, -0.2) is 0 Å². The molecule has 1 saturated heterocycles. The molecule has 0 N–H and O–H groups in total. The van der Waals surface area contributed by atoms with Crippen LogP contribution in [0.2, 0.25) is 0 Å². The number of hydrogen-bond donors (Lipinski definition) is 0. The van der Waals surface area contributed by atoms with Gasteiger partial charge in [0.15, 0.2) is 0 Å². The molecule has 1 aromatic heterocycles. The van der Waals surface area contributed by atoms with E-state index in [1.54, 1.807) is 0 Å². The van der Waals surface area contributed by atoms with E-state index in [4.69, 9.17) is 0 Å². The van der Waals surface area contributed by atoms with Gasteiger partial charge in [-0.3, -0.25) is 9.69 Å². The lowest BCUT2D eigenvalue weighted by Crippen LogP contribution is -2.51. The summed E-state index contributed by atoms with van der Waals surface area (Å²) in [5.41, 5.74) is -0.294. The molecule has 2 rings (SSSR count). The Labute approximate surface area is 133 Å². The van der Waals surface area contributed by atoms with Crippen molar-refractivity contribution >= 4 is 5.91 Å². The number of carbonyl (C=O) groups excluding carboxylic acids is 1. The summed E-state index contributed by atoms with van der Waals surface area (Å²) >= 11 is 0. The molecule has 0 radical (unpaired) electrons. The van der Waals surface area contributed by atoms with E-state index in [2.05, 4.69) is 33.5 Å². The summed E-state index contributed by atoms with van der Waals surface area (Å²) in [6.45, 7) is 14.4. The highest BCUT2D eigenvalue weighted by molar-refractivity contribution is 5.81. The van der Waals surface area contributed by atoms with Crippen molar-refractivity contribution < 1.29 is 4.79 Å². The van der Waals surface area contributed by atoms with Crippen molar-refractivity contribution in [2.45, 2.75) is 47.1 Å². The molecule has 1 aromatic rings. The molecule has 1 aliphatic heterocycles. The Morgan fingerprint density at radius 3 is 2.18 bits per heavy atom. The minimum Gasteiger partial charge on any atom is -0.340 e. The molecule has 6 heteroatoms. The van der Waals surface area contributed by atoms with E-state index < -0.39 is 0 Å². The van der Waals surface area contributed by atoms with Crippen LogP contribution in [-0.4, -0.2) is 56.7 Å². The number of amides is 1. The summed E-state index contributed by atoms with van der Waals surface area (Å²) in [4.78, 5) is 16.6. The van der Waals surface area contributed by atoms with Crippen LogP contribution in [0, 0.1) is 5.41 Å². The van der Waals surface area contributed by atoms with Crippen LogP contribution in [-0.2, 0) is 18.4 Å². The standard InChI is InChI=1S/C16H29N5O/c1-12(2)14-18-17-13(19(14)6)11-20-7-9-21(10-8-20)15(22)16(3,4)5/h12H,7-11H2,1-6H3. The van der Waals surface area contributed by atoms with E-state index in [9.17, 15) is 4.79 Å². The van der Waals surface area contributed by atoms with Gasteiger partial charge in [0, 0.05) is 44.6 Å². The third-order valence-corrected chi connectivity index (χ3v) is 4.18. The van der Waals surface area contributed by atoms with Crippen molar-refractivity contribution in [3.63, 3.8) is 0 Å². The van der Waals surface area contributed by atoms with Gasteiger partial charge in [0.05, 0.1) is 6.54 Å². The Morgan fingerprint density at radius 1 is 1.14 bits per heavy atom. The van der Waals surface area contributed by atoms with Crippen molar-refractivity contribution in [3.05, 3.63) is 11.6 Å². The second-order valence-electron chi connectivity index (χ2n) is 7.51. The van der Waals surface area contributed by atoms with Crippen LogP contribution >= 0.6 is 0 Å². The predicted octanol–water partition coefficient (Wildman–Crippen LogP) is 1.63. The summed E-state index contributed by atoms with van der Waals surface area (Å²) in [6, 6.07) is 0. The number of nitrogens with zero attached hydrogens (tertiary/aromatic N) is 5. The van der Waals surface area contributed by atoms with Crippen molar-refractivity contribution in [3.8, 4) is 0 Å². The predicted molar refractivity (Wildman–Crippen MR) is 86.4 cm³/mol. The molecular formula is C16H29N5O. The summed E-state index contributed by atoms with van der Waals surface area (Å²) in [6.07, 6.45) is 0. The van der Waals surface area contributed by atoms with Crippen molar-refractivity contribution in [2.75, 3.05) is 26.2 Å². The monoisotopic (exact) mass is 307 g/mol. The van der Waals surface area contributed by atoms with Crippen LogP contribution in [0.5, 0.6) is 0 Å². The van der Waals surface area contributed by atoms with Gasteiger partial charge in [0.2, 0.25) is 5.91 Å². The minimum atomic E-state index is -0.294. The zero-order valence-electron chi connectivity index (χ0n) is 14.8. The van der Waals surface area contributed by atoms with Crippen molar-refractivity contribution in [2.24, 2.45) is 12.5 Å². The molecule has 0 bridgehead atoms. The molecule has 0 saturated carbocycles. The van der Waals surface area contributed by atoms with E-state index in [0.717, 1.165) is 44.4 Å². The van der Waals surface area contributed by atoms with Gasteiger partial charge < -0.3 is 9.47 Å². The van der Waals surface area contributed by atoms with E-state index >= 15 is 0 Å². The van der Waals surface area contributed by atoms with Gasteiger partial charge in [-0.2, -0.15) is 0 Å². The normalized spacial score (nSPS) is 17.3. The first kappa shape index (κ1) is 16.9. The molecule has 1 amide bonds. The summed E-state index contributed by atoms with van der Waals surface area (Å²) in [5.74, 6) is 2.65. The minimum absolute atomic E-state index is 0.243. The van der Waals surface area contributed by atoms with Crippen LogP contribution in [0.3, 0.4) is 0 Å². The molecule has 1 fully saturated rings. The van der Waals surface area contributed by atoms with Gasteiger partial charge in [0.1, 0.15) is 11.6 Å². The van der Waals surface area contributed by atoms with Crippen molar-refractivity contribution in [1.29, 1.82) is 0 Å². The average Bonchev–Trinajstić information content (AvgIpc) is 2.79. The molecule has 6 nitrogen and oxygen atoms in total. The molecule has 2 heterocycles. The third kappa shape index (κ3) is 3.66. The van der Waals surface area contributed by atoms with Gasteiger partial charge in [-0.15, -0.1) is 10.2 Å². The highest BCUT2D eigenvalue weighted by atomic mass is 16.2. The lowest BCUT2D eigenvalue weighted by Gasteiger charge is -2.37. The van der Waals surface area contributed by atoms with Crippen LogP contribution in [0.25, 0.3) is 0 Å². The fourth-order valence-electron chi connectivity index (χ4n) is 2.80. The molecule has 0 spiro atoms. The van der Waals surface area contributed by atoms with E-state index in [1.165, 1.54) is 0 Å². The van der Waals surface area contributed by atoms with Crippen molar-refractivity contribution in [1.82, 2.24) is 24.6 Å². The van der Waals surface area contributed by atoms with Gasteiger partial charge in [-0.05, 0) is 0 Å². The highest BCUT2D eigenvalue weighted by Crippen LogP contribution is 2.19. The first-order valence-electron chi connectivity index (χ1n) is 8.10. The SMILES string of the molecule is CC(C)c1nnc(CN2CCN(C(=O)C(C)(C)C)CC2)n1C. The molecule has 22 heavy (non-hydrogen) atoms. The topological polar surface area (TPSA) is 54.3 Å². The average molecular weight is 307 g/mol. The van der Waals surface area contributed by atoms with Gasteiger partial charge in [0.25, 0.3) is 0 Å². The fourth-order valence-corrected chi connectivity index (χ4v) is 2.80. The lowest BCUT2D eigenvalue weighted by atomic mass is 9.94. The Kier molecular flexibility index (Phi) is 4.90. The van der Waals surface area contributed by atoms with Crippen LogP contribution in [0.1, 0.15) is 52.2 Å². The lowest BCUT2D eigenvalue weighted by molar-refractivity contribution is -0.141. The molecule has 0 atom stereocenters. The summed E-state index contributed by atoms with van der Waals surface area (Å²) in [5, 5.41) is 8.59. The number of rotatable bonds is 3. The molecular weight excluding hydrogens is 278 g/mol. The first-order chi connectivity index (χ1) is 10.2. The fraction of sp³-hybridized carbons (Fsp3) is 0.812. The summed E-state index contributed by atoms with van der Waals surface area (Å²) in [7, 11) is 2.03. The smallest absolute Gasteiger partial charge is 0.228 e. The third-order valence-electron chi connectivity index (χ3n) is 4.18. The molecule has 0 aromatic carbocycles. The zero-order valence-corrected chi connectivity index (χ0v) is 14.8. The highest BCUT2D eigenvalue weighted by Gasteiger charge is 2.30. The van der Waals surface area contributed by atoms with E-state index in [-0.39, 0.29) is 11.3 Å². The van der Waals surface area contributed by atoms with E-state index in [1.807, 2.05) is 32.7 Å². The Bertz CT molecular complexity index is 521. The Morgan fingerprint density at radius 2 is 1.73 bits per heavy atom. The number of piperazine rings is 1. The maximum Gasteiger partial charge on any atom is 0.228 e. The molecule has 0 aliphatic carbocycles. The maximum absolute atomic E-state index is 12.3. The number of carbonyl (C=O) groups is 1. The van der Waals surface area contributed by atoms with Crippen LogP contribution in [0.15, 0.2) is 0 Å². The molecule has 124 valence electrons. The van der Waals surface area contributed by atoms with Crippen LogP contribution < -0.4 is 0 Å². The molecule has 1 aliphatic rings. The second kappa shape index (κ2) is 6.36. The van der Waals surface area contributed by atoms with Gasteiger partial charge >= 0.3 is 0 Å². The largest absolute Gasteiger partial charge is 0.340 e. The maximum atomic E-state index is 12.3. The Balaban J connectivity index is 1.92. The Hall–Kier alpha value is -1.43. The second-order valence-corrected chi connectivity index (χ2v) is 7.51. The number of aromatic nitrogens is 3. The quantitative estimate of drug-likeness (QED) is 0.852. The first-order valence-corrected chi connectivity index (χ1v) is 8.10. The zero-order chi connectivity index (χ0) is 16.5. The number of hydrogen-bond acceptors (Lipinski definition) is 4. The summed E-state index contributed by atoms with van der Waals surface area (Å²) < 4.78 is 2.09. The van der Waals surface area contributed by atoms with Gasteiger partial charge in [-0.1, -0.05) is 34.6 Å². The van der Waals surface area contributed by atoms with Crippen LogP contribution in [0.4, 0.5) is 0 Å².